The summed E-state index contributed by atoms with van der Waals surface area (Å²) in [5, 5.41) is 0. The molecule has 0 radical (unpaired) electrons. The lowest BCUT2D eigenvalue weighted by molar-refractivity contribution is -0.115. The quantitative estimate of drug-likeness (QED) is 0.358. The fourth-order valence-electron chi connectivity index (χ4n) is 0.994. The Hall–Kier alpha value is -1.48. The van der Waals surface area contributed by atoms with Crippen LogP contribution in [0.5, 0.6) is 5.75 Å². The molecule has 1 aromatic carbocycles. The van der Waals surface area contributed by atoms with Crippen molar-refractivity contribution < 1.29 is 30.6 Å². The van der Waals surface area contributed by atoms with Crippen LogP contribution in [-0.4, -0.2) is 25.7 Å². The van der Waals surface area contributed by atoms with Gasteiger partial charge in [0, 0.05) is 12.8 Å². The minimum atomic E-state index is -5.55. The van der Waals surface area contributed by atoms with Gasteiger partial charge in [0.05, 0.1) is 0 Å². The van der Waals surface area contributed by atoms with E-state index in [0.717, 1.165) is 18.0 Å². The van der Waals surface area contributed by atoms with Gasteiger partial charge in [-0.15, -0.1) is 11.6 Å². The Morgan fingerprint density at radius 1 is 1.21 bits per heavy atom. The van der Waals surface area contributed by atoms with Gasteiger partial charge in [0.25, 0.3) is 0 Å². The maximum Gasteiger partial charge on any atom is 0.534 e. The Labute approximate surface area is 145 Å². The molecule has 0 unspecified atom stereocenters. The second kappa shape index (κ2) is 12.9. The third kappa shape index (κ3) is 14.1. The average molecular weight is 392 g/mol. The summed E-state index contributed by atoms with van der Waals surface area (Å²) < 4.78 is 60.2. The Balaban J connectivity index is 0. The number of carbonyl (C=O) groups is 1. The first-order valence-corrected chi connectivity index (χ1v) is 8.80. The summed E-state index contributed by atoms with van der Waals surface area (Å²) in [7, 11) is -5.55. The lowest BCUT2D eigenvalue weighted by Crippen LogP contribution is -2.27. The number of primary amides is 1. The number of rotatable bonds is 5. The Kier molecular flexibility index (Phi) is 13.3. The molecule has 10 heteroatoms. The van der Waals surface area contributed by atoms with Crippen LogP contribution >= 0.6 is 11.6 Å². The van der Waals surface area contributed by atoms with E-state index in [1.165, 1.54) is 44.4 Å². The van der Waals surface area contributed by atoms with Crippen molar-refractivity contribution in [3.05, 3.63) is 30.3 Å². The molecule has 24 heavy (non-hydrogen) atoms. The van der Waals surface area contributed by atoms with Gasteiger partial charge < -0.3 is 9.92 Å². The second-order valence-corrected chi connectivity index (χ2v) is 6.22. The minimum Gasteiger partial charge on any atom is -0.376 e. The zero-order valence-corrected chi connectivity index (χ0v) is 14.9. The number of halogens is 4. The van der Waals surface area contributed by atoms with Crippen molar-refractivity contribution in [3.63, 3.8) is 0 Å². The summed E-state index contributed by atoms with van der Waals surface area (Å²) in [6.07, 6.45) is 3.73. The molecule has 140 valence electrons. The van der Waals surface area contributed by atoms with Crippen LogP contribution in [0, 0.1) is 0 Å². The molecule has 0 aromatic heterocycles. The minimum absolute atomic E-state index is 0.333. The summed E-state index contributed by atoms with van der Waals surface area (Å²) in [5.74, 6) is 0.123. The smallest absolute Gasteiger partial charge is 0.376 e. The molecule has 0 saturated heterocycles. The number of alkyl halides is 4. The molecule has 0 heterocycles. The Morgan fingerprint density at radius 3 is 1.96 bits per heavy atom. The first-order chi connectivity index (χ1) is 11.0. The van der Waals surface area contributed by atoms with Crippen LogP contribution in [0.4, 0.5) is 13.2 Å². The highest BCUT2D eigenvalue weighted by Crippen LogP contribution is 2.26. The molecule has 0 aliphatic carbocycles. The van der Waals surface area contributed by atoms with Crippen molar-refractivity contribution in [2.24, 2.45) is 5.73 Å². The third-order valence-electron chi connectivity index (χ3n) is 1.97. The summed E-state index contributed by atoms with van der Waals surface area (Å²) >= 11 is 5.38. The predicted molar refractivity (Wildman–Crippen MR) is 87.2 cm³/mol. The number of amides is 1. The fourth-order valence-corrected chi connectivity index (χ4v) is 1.64. The van der Waals surface area contributed by atoms with Gasteiger partial charge in [-0.1, -0.05) is 38.0 Å². The van der Waals surface area contributed by atoms with E-state index < -0.39 is 15.6 Å². The highest BCUT2D eigenvalue weighted by atomic mass is 35.5. The van der Waals surface area contributed by atoms with Gasteiger partial charge in [-0.2, -0.15) is 21.6 Å². The maximum absolute atomic E-state index is 11.8. The Bertz CT molecular complexity index is 543. The number of hydrogen-bond acceptors (Lipinski definition) is 4. The molecule has 0 aliphatic rings. The molecule has 0 bridgehead atoms. The zero-order chi connectivity index (χ0) is 19.2. The first-order valence-electron chi connectivity index (χ1n) is 6.85. The molecule has 0 spiro atoms. The molecule has 2 N–H and O–H groups in total. The molecule has 1 amide bonds. The normalized spacial score (nSPS) is 10.6. The monoisotopic (exact) mass is 391 g/mol. The molecular formula is C14H21ClF3NO4S. The zero-order valence-electron chi connectivity index (χ0n) is 13.3. The highest BCUT2D eigenvalue weighted by molar-refractivity contribution is 7.87. The van der Waals surface area contributed by atoms with E-state index in [-0.39, 0.29) is 11.7 Å². The van der Waals surface area contributed by atoms with Crippen LogP contribution in [0.25, 0.3) is 0 Å². The van der Waals surface area contributed by atoms with Gasteiger partial charge in [-0.3, -0.25) is 4.79 Å². The standard InChI is InChI=1S/C7H5F3O3S.C5H11Cl.C2H5NO/c8-7(9,10)14(11,12)13-6-4-2-1-3-5-6;1-2-3-4-5-6;1-2(3)4/h1-5H;2-5H2,1H3;1H3,(H2,3,4). The highest BCUT2D eigenvalue weighted by Gasteiger charge is 2.48. The number of para-hydroxylation sites is 1. The molecule has 5 nitrogen and oxygen atoms in total. The summed E-state index contributed by atoms with van der Waals surface area (Å²) in [5.41, 5.74) is -0.928. The van der Waals surface area contributed by atoms with E-state index in [4.69, 9.17) is 11.6 Å². The van der Waals surface area contributed by atoms with E-state index in [9.17, 15) is 26.4 Å². The van der Waals surface area contributed by atoms with Crippen molar-refractivity contribution in [3.8, 4) is 5.75 Å². The molecule has 0 fully saturated rings. The van der Waals surface area contributed by atoms with Crippen molar-refractivity contribution >= 4 is 27.6 Å². The number of hydrogen-bond donors (Lipinski definition) is 1. The van der Waals surface area contributed by atoms with Gasteiger partial charge in [0.15, 0.2) is 0 Å². The second-order valence-electron chi connectivity index (χ2n) is 4.30. The van der Waals surface area contributed by atoms with Crippen LogP contribution in [0.1, 0.15) is 33.1 Å². The average Bonchev–Trinajstić information content (AvgIpc) is 2.44. The Morgan fingerprint density at radius 2 is 1.67 bits per heavy atom. The van der Waals surface area contributed by atoms with Crippen LogP contribution in [0.15, 0.2) is 30.3 Å². The molecule has 1 aromatic rings. The van der Waals surface area contributed by atoms with Crippen LogP contribution in [-0.2, 0) is 14.9 Å². The van der Waals surface area contributed by atoms with E-state index >= 15 is 0 Å². The van der Waals surface area contributed by atoms with E-state index in [2.05, 4.69) is 16.8 Å². The molecule has 1 rings (SSSR count). The van der Waals surface area contributed by atoms with Crippen LogP contribution in [0.2, 0.25) is 0 Å². The van der Waals surface area contributed by atoms with E-state index in [1.807, 2.05) is 0 Å². The lowest BCUT2D eigenvalue weighted by Gasteiger charge is -2.08. The van der Waals surface area contributed by atoms with Gasteiger partial charge in [-0.25, -0.2) is 0 Å². The van der Waals surface area contributed by atoms with Crippen molar-refractivity contribution in [1.29, 1.82) is 0 Å². The SMILES string of the molecule is CC(N)=O.CCCCCCl.O=S(=O)(Oc1ccccc1)C(F)(F)F. The third-order valence-corrected chi connectivity index (χ3v) is 3.22. The first kappa shape index (κ1) is 24.8. The van der Waals surface area contributed by atoms with E-state index in [0.29, 0.717) is 0 Å². The molecule has 0 atom stereocenters. The van der Waals surface area contributed by atoms with Crippen molar-refractivity contribution in [2.45, 2.75) is 38.6 Å². The summed E-state index contributed by atoms with van der Waals surface area (Å²) in [6, 6.07) is 6.47. The maximum atomic E-state index is 11.8. The topological polar surface area (TPSA) is 86.5 Å². The molecule has 0 saturated carbocycles. The lowest BCUT2D eigenvalue weighted by atomic mass is 10.3. The van der Waals surface area contributed by atoms with Gasteiger partial charge in [-0.05, 0) is 18.6 Å². The van der Waals surface area contributed by atoms with Gasteiger partial charge >= 0.3 is 15.6 Å². The van der Waals surface area contributed by atoms with Gasteiger partial charge in [0.2, 0.25) is 5.91 Å². The fraction of sp³-hybridized carbons (Fsp3) is 0.500. The number of unbranched alkanes of at least 4 members (excludes halogenated alkanes) is 2. The number of nitrogens with two attached hydrogens (primary N) is 1. The van der Waals surface area contributed by atoms with Crippen molar-refractivity contribution in [1.82, 2.24) is 0 Å². The van der Waals surface area contributed by atoms with Crippen LogP contribution < -0.4 is 9.92 Å². The summed E-state index contributed by atoms with van der Waals surface area (Å²) in [4.78, 5) is 9.22. The van der Waals surface area contributed by atoms with Gasteiger partial charge in [0.1, 0.15) is 5.75 Å². The van der Waals surface area contributed by atoms with E-state index in [1.54, 1.807) is 0 Å². The molecule has 0 aliphatic heterocycles. The van der Waals surface area contributed by atoms with Crippen molar-refractivity contribution in [2.75, 3.05) is 5.88 Å². The predicted octanol–water partition coefficient (Wildman–Crippen LogP) is 3.82. The largest absolute Gasteiger partial charge is 0.534 e. The number of carbonyl (C=O) groups excluding carboxylic acids is 1. The summed E-state index contributed by atoms with van der Waals surface area (Å²) in [6.45, 7) is 3.48. The molecular weight excluding hydrogens is 371 g/mol. The number of benzene rings is 1. The van der Waals surface area contributed by atoms with Crippen LogP contribution in [0.3, 0.4) is 0 Å².